The van der Waals surface area contributed by atoms with Crippen LogP contribution in [0.5, 0.6) is 0 Å². The fourth-order valence-corrected chi connectivity index (χ4v) is 1.44. The zero-order valence-electron chi connectivity index (χ0n) is 9.77. The Balaban J connectivity index is 2.72. The van der Waals surface area contributed by atoms with Crippen LogP contribution in [0.3, 0.4) is 0 Å². The van der Waals surface area contributed by atoms with Crippen molar-refractivity contribution in [2.24, 2.45) is 0 Å². The van der Waals surface area contributed by atoms with Gasteiger partial charge in [0.2, 0.25) is 5.91 Å². The highest BCUT2D eigenvalue weighted by Gasteiger charge is 2.11. The molecule has 0 fully saturated rings. The number of anilines is 1. The van der Waals surface area contributed by atoms with Crippen LogP contribution < -0.4 is 15.5 Å². The first kappa shape index (κ1) is 14.6. The molecule has 0 radical (unpaired) electrons. The van der Waals surface area contributed by atoms with E-state index in [2.05, 4.69) is 5.32 Å². The highest BCUT2D eigenvalue weighted by atomic mass is 19.1. The van der Waals surface area contributed by atoms with Crippen LogP contribution >= 0.6 is 0 Å². The molecule has 1 N–H and O–H groups in total. The summed E-state index contributed by atoms with van der Waals surface area (Å²) in [6.07, 6.45) is -0.384. The molecule has 7 heteroatoms. The Bertz CT molecular complexity index is 515. The molecule has 102 valence electrons. The maximum absolute atomic E-state index is 13.3. The lowest BCUT2D eigenvalue weighted by Crippen LogP contribution is -2.26. The molecular formula is C12H10FNO5-2. The molecule has 0 spiro atoms. The van der Waals surface area contributed by atoms with Gasteiger partial charge in [-0.3, -0.25) is 4.79 Å². The second kappa shape index (κ2) is 6.48. The third-order valence-corrected chi connectivity index (χ3v) is 2.28. The number of halogens is 1. The second-order valence-corrected chi connectivity index (χ2v) is 3.72. The highest BCUT2D eigenvalue weighted by molar-refractivity contribution is 5.99. The van der Waals surface area contributed by atoms with Crippen LogP contribution in [0, 0.1) is 5.82 Å². The van der Waals surface area contributed by atoms with Gasteiger partial charge in [-0.25, -0.2) is 4.39 Å². The van der Waals surface area contributed by atoms with Gasteiger partial charge < -0.3 is 25.1 Å². The van der Waals surface area contributed by atoms with Gasteiger partial charge in [0, 0.05) is 12.4 Å². The van der Waals surface area contributed by atoms with E-state index in [1.165, 1.54) is 12.1 Å². The van der Waals surface area contributed by atoms with Crippen molar-refractivity contribution in [2.75, 3.05) is 5.32 Å². The van der Waals surface area contributed by atoms with E-state index in [0.717, 1.165) is 6.07 Å². The summed E-state index contributed by atoms with van der Waals surface area (Å²) in [7, 11) is 0. The molecule has 1 rings (SSSR count). The van der Waals surface area contributed by atoms with Crippen LogP contribution in [0.1, 0.15) is 29.6 Å². The van der Waals surface area contributed by atoms with Gasteiger partial charge in [0.05, 0.1) is 17.2 Å². The average Bonchev–Trinajstić information content (AvgIpc) is 2.27. The smallest absolute Gasteiger partial charge is 0.224 e. The van der Waals surface area contributed by atoms with E-state index < -0.39 is 29.2 Å². The summed E-state index contributed by atoms with van der Waals surface area (Å²) in [5.74, 6) is -4.67. The van der Waals surface area contributed by atoms with Crippen LogP contribution in [0.25, 0.3) is 0 Å². The van der Waals surface area contributed by atoms with Crippen molar-refractivity contribution in [3.8, 4) is 0 Å². The lowest BCUT2D eigenvalue weighted by molar-refractivity contribution is -0.305. The maximum atomic E-state index is 13.3. The number of carboxylic acids is 2. The van der Waals surface area contributed by atoms with Crippen molar-refractivity contribution in [1.82, 2.24) is 0 Å². The predicted octanol–water partition coefficient (Wildman–Crippen LogP) is -0.952. The number of rotatable bonds is 6. The van der Waals surface area contributed by atoms with Gasteiger partial charge in [-0.2, -0.15) is 0 Å². The summed E-state index contributed by atoms with van der Waals surface area (Å²) in [5, 5.41) is 23.1. The van der Waals surface area contributed by atoms with E-state index >= 15 is 0 Å². The number of hydrogen-bond acceptors (Lipinski definition) is 5. The number of hydrogen-bond donors (Lipinski definition) is 1. The zero-order valence-corrected chi connectivity index (χ0v) is 9.77. The third kappa shape index (κ3) is 4.38. The summed E-state index contributed by atoms with van der Waals surface area (Å²) in [5.41, 5.74) is -0.964. The third-order valence-electron chi connectivity index (χ3n) is 2.28. The molecule has 0 unspecified atom stereocenters. The summed E-state index contributed by atoms with van der Waals surface area (Å²) in [6.45, 7) is 0. The van der Waals surface area contributed by atoms with E-state index in [-0.39, 0.29) is 24.9 Å². The minimum absolute atomic E-state index is 0.0458. The number of amides is 1. The van der Waals surface area contributed by atoms with Crippen molar-refractivity contribution in [3.05, 3.63) is 29.6 Å². The van der Waals surface area contributed by atoms with E-state index in [1.807, 2.05) is 0 Å². The van der Waals surface area contributed by atoms with E-state index in [1.54, 1.807) is 0 Å². The van der Waals surface area contributed by atoms with Crippen molar-refractivity contribution < 1.29 is 29.0 Å². The normalized spacial score (nSPS) is 9.95. The first-order chi connectivity index (χ1) is 8.91. The Morgan fingerprint density at radius 3 is 2.42 bits per heavy atom. The molecule has 1 aromatic rings. The van der Waals surface area contributed by atoms with Gasteiger partial charge in [-0.1, -0.05) is 6.07 Å². The molecule has 0 saturated heterocycles. The summed E-state index contributed by atoms with van der Waals surface area (Å²) >= 11 is 0. The molecular weight excluding hydrogens is 257 g/mol. The Labute approximate surface area is 107 Å². The Hall–Kier alpha value is -2.44. The maximum Gasteiger partial charge on any atom is 0.224 e. The van der Waals surface area contributed by atoms with Gasteiger partial charge in [0.15, 0.2) is 0 Å². The SMILES string of the molecule is O=C([O-])CCCC(=O)Nc1cccc(F)c1C(=O)[O-]. The van der Waals surface area contributed by atoms with Gasteiger partial charge in [-0.05, 0) is 25.0 Å². The summed E-state index contributed by atoms with van der Waals surface area (Å²) < 4.78 is 13.3. The fourth-order valence-electron chi connectivity index (χ4n) is 1.44. The quantitative estimate of drug-likeness (QED) is 0.714. The molecule has 0 atom stereocenters. The molecule has 0 aliphatic carbocycles. The van der Waals surface area contributed by atoms with Crippen LogP contribution in [0.2, 0.25) is 0 Å². The minimum Gasteiger partial charge on any atom is -0.550 e. The van der Waals surface area contributed by atoms with E-state index in [9.17, 15) is 29.0 Å². The number of carboxylic acid groups (broad SMARTS) is 2. The topological polar surface area (TPSA) is 109 Å². The minimum atomic E-state index is -1.75. The van der Waals surface area contributed by atoms with Crippen LogP contribution in [-0.2, 0) is 9.59 Å². The average molecular weight is 267 g/mol. The molecule has 0 bridgehead atoms. The molecule has 0 aliphatic heterocycles. The number of aromatic carboxylic acids is 1. The predicted molar refractivity (Wildman–Crippen MR) is 58.2 cm³/mol. The molecule has 6 nitrogen and oxygen atoms in total. The van der Waals surface area contributed by atoms with Gasteiger partial charge in [0.1, 0.15) is 5.82 Å². The Morgan fingerprint density at radius 2 is 1.84 bits per heavy atom. The summed E-state index contributed by atoms with van der Waals surface area (Å²) in [6, 6.07) is 3.38. The molecule has 0 aliphatic rings. The number of nitrogens with one attached hydrogen (secondary N) is 1. The first-order valence-electron chi connectivity index (χ1n) is 5.41. The molecule has 0 heterocycles. The standard InChI is InChI=1S/C12H12FNO5/c13-7-3-1-4-8(11(7)12(18)19)14-9(15)5-2-6-10(16)17/h1,3-4H,2,5-6H2,(H,14,15)(H,16,17)(H,18,19)/p-2. The molecule has 0 saturated carbocycles. The number of benzene rings is 1. The van der Waals surface area contributed by atoms with Crippen molar-refractivity contribution in [1.29, 1.82) is 0 Å². The zero-order chi connectivity index (χ0) is 14.4. The van der Waals surface area contributed by atoms with Crippen molar-refractivity contribution in [2.45, 2.75) is 19.3 Å². The van der Waals surface area contributed by atoms with Gasteiger partial charge >= 0.3 is 0 Å². The van der Waals surface area contributed by atoms with Crippen molar-refractivity contribution >= 4 is 23.5 Å². The lowest BCUT2D eigenvalue weighted by Gasteiger charge is -2.12. The van der Waals surface area contributed by atoms with Crippen LogP contribution in [-0.4, -0.2) is 17.8 Å². The first-order valence-corrected chi connectivity index (χ1v) is 5.41. The number of carbonyl (C=O) groups is 3. The van der Waals surface area contributed by atoms with Crippen molar-refractivity contribution in [3.63, 3.8) is 0 Å². The van der Waals surface area contributed by atoms with Gasteiger partial charge in [-0.15, -0.1) is 0 Å². The fraction of sp³-hybridized carbons (Fsp3) is 0.250. The van der Waals surface area contributed by atoms with Gasteiger partial charge in [0.25, 0.3) is 0 Å². The number of aliphatic carboxylic acids is 1. The summed E-state index contributed by atoms with van der Waals surface area (Å²) in [4.78, 5) is 32.3. The van der Waals surface area contributed by atoms with E-state index in [4.69, 9.17) is 0 Å². The molecule has 0 aromatic heterocycles. The molecule has 1 amide bonds. The highest BCUT2D eigenvalue weighted by Crippen LogP contribution is 2.18. The monoisotopic (exact) mass is 267 g/mol. The lowest BCUT2D eigenvalue weighted by atomic mass is 10.1. The second-order valence-electron chi connectivity index (χ2n) is 3.72. The molecule has 19 heavy (non-hydrogen) atoms. The van der Waals surface area contributed by atoms with E-state index in [0.29, 0.717) is 0 Å². The Kier molecular flexibility index (Phi) is 4.99. The molecule has 1 aromatic carbocycles. The Morgan fingerprint density at radius 1 is 1.16 bits per heavy atom. The van der Waals surface area contributed by atoms with Crippen LogP contribution in [0.15, 0.2) is 18.2 Å². The number of carbonyl (C=O) groups excluding carboxylic acids is 3. The van der Waals surface area contributed by atoms with Crippen LogP contribution in [0.4, 0.5) is 10.1 Å². The largest absolute Gasteiger partial charge is 0.550 e.